The molecule has 1 aliphatic heterocycles. The molecule has 1 aliphatic rings. The van der Waals surface area contributed by atoms with E-state index in [0.29, 0.717) is 13.0 Å². The van der Waals surface area contributed by atoms with E-state index < -0.39 is 22.7 Å². The van der Waals surface area contributed by atoms with Crippen LogP contribution < -0.4 is 0 Å². The molecule has 1 aromatic carbocycles. The molecule has 8 heteroatoms. The molecule has 0 radical (unpaired) electrons. The van der Waals surface area contributed by atoms with Crippen LogP contribution in [0, 0.1) is 6.92 Å². The van der Waals surface area contributed by atoms with Gasteiger partial charge < -0.3 is 4.90 Å². The summed E-state index contributed by atoms with van der Waals surface area (Å²) < 4.78 is 38.7. The number of aryl methyl sites for hydroxylation is 1. The molecule has 0 bridgehead atoms. The summed E-state index contributed by atoms with van der Waals surface area (Å²) in [5.74, 6) is -0.521. The van der Waals surface area contributed by atoms with Gasteiger partial charge in [-0.2, -0.15) is 18.3 Å². The van der Waals surface area contributed by atoms with Gasteiger partial charge in [0.15, 0.2) is 0 Å². The molecule has 3 rings (SSSR count). The first-order chi connectivity index (χ1) is 11.8. The van der Waals surface area contributed by atoms with Gasteiger partial charge in [-0.15, -0.1) is 0 Å². The number of nitrogens with one attached hydrogen (secondary N) is 1. The fourth-order valence-electron chi connectivity index (χ4n) is 2.73. The first kappa shape index (κ1) is 19.3. The van der Waals surface area contributed by atoms with E-state index in [2.05, 4.69) is 10.2 Å². The van der Waals surface area contributed by atoms with Crippen molar-refractivity contribution < 1.29 is 18.0 Å². The molecule has 0 unspecified atom stereocenters. The SMILES string of the molecule is CC.Cc1[nH]nc2c1CCN(C(=O)c1cccc(C(F)(F)F)c1Cl)C2. The summed E-state index contributed by atoms with van der Waals surface area (Å²) in [6, 6.07) is 3.37. The molecule has 2 heterocycles. The van der Waals surface area contributed by atoms with Crippen molar-refractivity contribution in [1.82, 2.24) is 15.1 Å². The lowest BCUT2D eigenvalue weighted by atomic mass is 10.0. The number of alkyl halides is 3. The molecule has 0 fully saturated rings. The summed E-state index contributed by atoms with van der Waals surface area (Å²) in [5, 5.41) is 6.42. The van der Waals surface area contributed by atoms with Crippen LogP contribution in [-0.2, 0) is 19.1 Å². The van der Waals surface area contributed by atoms with Crippen LogP contribution in [0.5, 0.6) is 0 Å². The molecule has 136 valence electrons. The molecular formula is C17H19ClF3N3O. The number of benzene rings is 1. The van der Waals surface area contributed by atoms with Gasteiger partial charge in [0.05, 0.1) is 28.4 Å². The zero-order valence-electron chi connectivity index (χ0n) is 14.2. The highest BCUT2D eigenvalue weighted by Crippen LogP contribution is 2.36. The Bertz CT molecular complexity index is 771. The molecule has 0 saturated heterocycles. The molecule has 0 aliphatic carbocycles. The standard InChI is InChI=1S/C15H13ClF3N3O.C2H6/c1-8-9-5-6-22(7-12(9)21-20-8)14(23)10-3-2-4-11(13(10)16)15(17,18)19;1-2/h2-4H,5-7H2,1H3,(H,20,21);1-2H3. The Hall–Kier alpha value is -2.02. The second-order valence-corrected chi connectivity index (χ2v) is 5.79. The Labute approximate surface area is 149 Å². The van der Waals surface area contributed by atoms with Gasteiger partial charge in [-0.05, 0) is 31.0 Å². The van der Waals surface area contributed by atoms with E-state index in [1.165, 1.54) is 17.0 Å². The quantitative estimate of drug-likeness (QED) is 0.793. The smallest absolute Gasteiger partial charge is 0.332 e. The van der Waals surface area contributed by atoms with Crippen molar-refractivity contribution in [3.63, 3.8) is 0 Å². The Morgan fingerprint density at radius 2 is 2.00 bits per heavy atom. The van der Waals surface area contributed by atoms with Crippen LogP contribution in [0.3, 0.4) is 0 Å². The van der Waals surface area contributed by atoms with Gasteiger partial charge in [-0.25, -0.2) is 0 Å². The van der Waals surface area contributed by atoms with Gasteiger partial charge >= 0.3 is 6.18 Å². The number of hydrogen-bond donors (Lipinski definition) is 1. The third-order valence-electron chi connectivity index (χ3n) is 3.95. The number of hydrogen-bond acceptors (Lipinski definition) is 2. The maximum absolute atomic E-state index is 12.9. The van der Waals surface area contributed by atoms with E-state index in [1.54, 1.807) is 0 Å². The zero-order chi connectivity index (χ0) is 18.8. The summed E-state index contributed by atoms with van der Waals surface area (Å²) in [4.78, 5) is 14.0. The number of carbonyl (C=O) groups is 1. The highest BCUT2D eigenvalue weighted by Gasteiger charge is 2.35. The number of rotatable bonds is 1. The van der Waals surface area contributed by atoms with E-state index in [9.17, 15) is 18.0 Å². The fourth-order valence-corrected chi connectivity index (χ4v) is 3.05. The van der Waals surface area contributed by atoms with Gasteiger partial charge in [-0.1, -0.05) is 31.5 Å². The van der Waals surface area contributed by atoms with Crippen LogP contribution in [0.4, 0.5) is 13.2 Å². The van der Waals surface area contributed by atoms with Crippen molar-refractivity contribution in [2.24, 2.45) is 0 Å². The summed E-state index contributed by atoms with van der Waals surface area (Å²) in [5.41, 5.74) is 1.61. The Morgan fingerprint density at radius 1 is 1.32 bits per heavy atom. The average molecular weight is 374 g/mol. The summed E-state index contributed by atoms with van der Waals surface area (Å²) in [6.45, 7) is 6.57. The average Bonchev–Trinajstić information content (AvgIpc) is 2.96. The number of nitrogens with zero attached hydrogens (tertiary/aromatic N) is 2. The molecule has 4 nitrogen and oxygen atoms in total. The van der Waals surface area contributed by atoms with Crippen molar-refractivity contribution >= 4 is 17.5 Å². The molecule has 0 spiro atoms. The first-order valence-corrected chi connectivity index (χ1v) is 8.34. The largest absolute Gasteiger partial charge is 0.417 e. The molecule has 0 atom stereocenters. The Balaban J connectivity index is 0.00000109. The monoisotopic (exact) mass is 373 g/mol. The van der Waals surface area contributed by atoms with E-state index in [1.807, 2.05) is 20.8 Å². The minimum absolute atomic E-state index is 0.141. The van der Waals surface area contributed by atoms with Crippen molar-refractivity contribution in [2.45, 2.75) is 39.9 Å². The van der Waals surface area contributed by atoms with Crippen LogP contribution in [0.15, 0.2) is 18.2 Å². The lowest BCUT2D eigenvalue weighted by Crippen LogP contribution is -2.36. The number of fused-ring (bicyclic) bond motifs is 1. The molecule has 1 N–H and O–H groups in total. The molecule has 1 amide bonds. The minimum Gasteiger partial charge on any atom is -0.332 e. The molecule has 2 aromatic rings. The maximum atomic E-state index is 12.9. The third-order valence-corrected chi connectivity index (χ3v) is 4.36. The van der Waals surface area contributed by atoms with E-state index in [0.717, 1.165) is 23.0 Å². The Kier molecular flexibility index (Phi) is 5.77. The minimum atomic E-state index is -4.60. The molecular weight excluding hydrogens is 355 g/mol. The third kappa shape index (κ3) is 3.81. The van der Waals surface area contributed by atoms with Gasteiger partial charge in [-0.3, -0.25) is 9.89 Å². The number of halogens is 4. The highest BCUT2D eigenvalue weighted by atomic mass is 35.5. The van der Waals surface area contributed by atoms with Crippen molar-refractivity contribution in [2.75, 3.05) is 6.54 Å². The number of carbonyl (C=O) groups excluding carboxylic acids is 1. The molecule has 1 aromatic heterocycles. The predicted molar refractivity (Wildman–Crippen MR) is 89.6 cm³/mol. The van der Waals surface area contributed by atoms with Crippen molar-refractivity contribution in [3.05, 3.63) is 51.3 Å². The van der Waals surface area contributed by atoms with Crippen LogP contribution in [0.25, 0.3) is 0 Å². The molecule has 25 heavy (non-hydrogen) atoms. The second-order valence-electron chi connectivity index (χ2n) is 5.42. The number of aromatic amines is 1. The lowest BCUT2D eigenvalue weighted by molar-refractivity contribution is -0.137. The van der Waals surface area contributed by atoms with Crippen LogP contribution in [0.2, 0.25) is 5.02 Å². The van der Waals surface area contributed by atoms with Gasteiger partial charge in [0, 0.05) is 12.2 Å². The van der Waals surface area contributed by atoms with Gasteiger partial charge in [0.1, 0.15) is 0 Å². The first-order valence-electron chi connectivity index (χ1n) is 7.96. The van der Waals surface area contributed by atoms with E-state index >= 15 is 0 Å². The highest BCUT2D eigenvalue weighted by molar-refractivity contribution is 6.34. The van der Waals surface area contributed by atoms with E-state index in [-0.39, 0.29) is 12.1 Å². The number of H-pyrrole nitrogens is 1. The number of amides is 1. The van der Waals surface area contributed by atoms with Gasteiger partial charge in [0.25, 0.3) is 5.91 Å². The summed E-state index contributed by atoms with van der Waals surface area (Å²) in [7, 11) is 0. The molecule has 0 saturated carbocycles. The van der Waals surface area contributed by atoms with Gasteiger partial charge in [0.2, 0.25) is 0 Å². The van der Waals surface area contributed by atoms with Crippen LogP contribution >= 0.6 is 11.6 Å². The van der Waals surface area contributed by atoms with Crippen LogP contribution in [0.1, 0.15) is 46.7 Å². The fraction of sp³-hybridized carbons (Fsp3) is 0.412. The Morgan fingerprint density at radius 3 is 2.64 bits per heavy atom. The summed E-state index contributed by atoms with van der Waals surface area (Å²) in [6.07, 6.45) is -3.98. The lowest BCUT2D eigenvalue weighted by Gasteiger charge is -2.27. The predicted octanol–water partition coefficient (Wildman–Crippen LogP) is 4.62. The maximum Gasteiger partial charge on any atom is 0.417 e. The summed E-state index contributed by atoms with van der Waals surface area (Å²) >= 11 is 5.82. The normalized spacial score (nSPS) is 13.8. The number of aromatic nitrogens is 2. The second kappa shape index (κ2) is 7.47. The zero-order valence-corrected chi connectivity index (χ0v) is 14.9. The van der Waals surface area contributed by atoms with Crippen molar-refractivity contribution in [3.8, 4) is 0 Å². The van der Waals surface area contributed by atoms with Crippen LogP contribution in [-0.4, -0.2) is 27.5 Å². The van der Waals surface area contributed by atoms with E-state index in [4.69, 9.17) is 11.6 Å². The van der Waals surface area contributed by atoms with Crippen molar-refractivity contribution in [1.29, 1.82) is 0 Å². The topological polar surface area (TPSA) is 49.0 Å².